The van der Waals surface area contributed by atoms with Gasteiger partial charge in [0.15, 0.2) is 6.61 Å². The first kappa shape index (κ1) is 25.3. The third-order valence-corrected chi connectivity index (χ3v) is 5.02. The average molecular weight is 546 g/mol. The lowest BCUT2D eigenvalue weighted by atomic mass is 10.2. The summed E-state index contributed by atoms with van der Waals surface area (Å²) < 4.78 is 17.2. The van der Waals surface area contributed by atoms with Crippen molar-refractivity contribution in [3.05, 3.63) is 87.4 Å². The number of amides is 1. The molecule has 9 heteroatoms. The molecule has 0 heterocycles. The molecular weight excluding hydrogens is 524 g/mol. The molecule has 0 aliphatic rings. The Bertz CT molecular complexity index is 1170. The van der Waals surface area contributed by atoms with Crippen LogP contribution in [0.15, 0.2) is 76.3 Å². The molecule has 3 rings (SSSR count). The van der Waals surface area contributed by atoms with Crippen LogP contribution in [0, 0.1) is 0 Å². The largest absolute Gasteiger partial charge is 0.494 e. The summed E-state index contributed by atoms with van der Waals surface area (Å²) in [6.07, 6.45) is 2.28. The van der Waals surface area contributed by atoms with Crippen LogP contribution >= 0.6 is 27.5 Å². The van der Waals surface area contributed by atoms with E-state index >= 15 is 0 Å². The molecule has 0 aromatic heterocycles. The molecule has 0 bridgehead atoms. The summed E-state index contributed by atoms with van der Waals surface area (Å²) in [5.74, 6) is 0.448. The van der Waals surface area contributed by atoms with Gasteiger partial charge in [-0.3, -0.25) is 4.79 Å². The first-order chi connectivity index (χ1) is 16.4. The number of halogens is 2. The van der Waals surface area contributed by atoms with Gasteiger partial charge in [-0.1, -0.05) is 40.5 Å². The van der Waals surface area contributed by atoms with E-state index in [1.54, 1.807) is 66.7 Å². The summed E-state index contributed by atoms with van der Waals surface area (Å²) in [5.41, 5.74) is 3.24. The number of benzene rings is 3. The van der Waals surface area contributed by atoms with Crippen LogP contribution in [0.4, 0.5) is 0 Å². The fraction of sp³-hybridized carbons (Fsp3) is 0.160. The quantitative estimate of drug-likeness (QED) is 0.154. The third kappa shape index (κ3) is 7.90. The molecule has 1 amide bonds. The molecule has 0 spiro atoms. The number of carbonyl (C=O) groups is 2. The zero-order chi connectivity index (χ0) is 24.3. The molecule has 0 atom stereocenters. The second kappa shape index (κ2) is 12.8. The lowest BCUT2D eigenvalue weighted by molar-refractivity contribution is -0.123. The lowest BCUT2D eigenvalue weighted by Gasteiger charge is -2.09. The van der Waals surface area contributed by atoms with E-state index in [4.69, 9.17) is 25.8 Å². The molecule has 0 radical (unpaired) electrons. The van der Waals surface area contributed by atoms with Crippen LogP contribution < -0.4 is 19.6 Å². The van der Waals surface area contributed by atoms with Crippen LogP contribution in [0.1, 0.15) is 29.3 Å². The number of hydrogen-bond donors (Lipinski definition) is 1. The predicted molar refractivity (Wildman–Crippen MR) is 134 cm³/mol. The van der Waals surface area contributed by atoms with Gasteiger partial charge < -0.3 is 14.2 Å². The molecule has 3 aromatic rings. The average Bonchev–Trinajstić information content (AvgIpc) is 2.83. The van der Waals surface area contributed by atoms with E-state index in [1.807, 2.05) is 6.92 Å². The smallest absolute Gasteiger partial charge is 0.343 e. The Hall–Kier alpha value is -3.36. The molecule has 3 aromatic carbocycles. The van der Waals surface area contributed by atoms with Crippen molar-refractivity contribution in [3.8, 4) is 17.2 Å². The van der Waals surface area contributed by atoms with Crippen molar-refractivity contribution in [2.24, 2.45) is 5.10 Å². The van der Waals surface area contributed by atoms with Gasteiger partial charge in [0, 0.05) is 15.1 Å². The number of hydrazone groups is 1. The minimum absolute atomic E-state index is 0.240. The van der Waals surface area contributed by atoms with Gasteiger partial charge in [-0.15, -0.1) is 0 Å². The maximum Gasteiger partial charge on any atom is 0.343 e. The van der Waals surface area contributed by atoms with Crippen molar-refractivity contribution in [1.82, 2.24) is 5.43 Å². The van der Waals surface area contributed by atoms with Crippen molar-refractivity contribution in [1.29, 1.82) is 0 Å². The normalized spacial score (nSPS) is 10.7. The summed E-state index contributed by atoms with van der Waals surface area (Å²) >= 11 is 9.27. The minimum Gasteiger partial charge on any atom is -0.494 e. The molecule has 0 aliphatic heterocycles. The number of carbonyl (C=O) groups excluding carboxylic acids is 2. The van der Waals surface area contributed by atoms with Crippen molar-refractivity contribution in [3.63, 3.8) is 0 Å². The summed E-state index contributed by atoms with van der Waals surface area (Å²) in [6.45, 7) is 2.38. The number of hydrogen-bond acceptors (Lipinski definition) is 6. The number of ether oxygens (including phenoxy) is 3. The van der Waals surface area contributed by atoms with E-state index in [0.717, 1.165) is 10.9 Å². The van der Waals surface area contributed by atoms with E-state index < -0.39 is 11.9 Å². The van der Waals surface area contributed by atoms with Crippen LogP contribution in [0.5, 0.6) is 17.2 Å². The number of nitrogens with zero attached hydrogens (tertiary/aromatic N) is 1. The topological polar surface area (TPSA) is 86.2 Å². The Labute approximate surface area is 210 Å². The van der Waals surface area contributed by atoms with Gasteiger partial charge >= 0.3 is 5.97 Å². The number of esters is 1. The monoisotopic (exact) mass is 544 g/mol. The van der Waals surface area contributed by atoms with E-state index in [1.165, 1.54) is 6.21 Å². The molecule has 0 saturated carbocycles. The highest BCUT2D eigenvalue weighted by Gasteiger charge is 2.12. The van der Waals surface area contributed by atoms with Crippen molar-refractivity contribution in [2.45, 2.75) is 13.3 Å². The van der Waals surface area contributed by atoms with Crippen LogP contribution in [0.2, 0.25) is 5.02 Å². The van der Waals surface area contributed by atoms with Gasteiger partial charge in [0.25, 0.3) is 5.91 Å². The third-order valence-electron chi connectivity index (χ3n) is 4.30. The van der Waals surface area contributed by atoms with Crippen LogP contribution in [0.25, 0.3) is 0 Å². The molecule has 34 heavy (non-hydrogen) atoms. The number of nitrogens with one attached hydrogen (secondary N) is 1. The van der Waals surface area contributed by atoms with Crippen molar-refractivity contribution >= 4 is 45.6 Å². The molecule has 7 nitrogen and oxygen atoms in total. The summed E-state index contributed by atoms with van der Waals surface area (Å²) in [4.78, 5) is 24.6. The SMILES string of the molecule is CCCOc1ccc(C(=O)Oc2ccc(Br)cc2/C=N/NC(=O)COc2cccc(Cl)c2)cc1. The Morgan fingerprint density at radius 1 is 1.03 bits per heavy atom. The van der Waals surface area contributed by atoms with E-state index in [2.05, 4.69) is 26.5 Å². The van der Waals surface area contributed by atoms with Gasteiger partial charge in [-0.05, 0) is 67.1 Å². The minimum atomic E-state index is -0.530. The summed E-state index contributed by atoms with van der Waals surface area (Å²) in [7, 11) is 0. The second-order valence-corrected chi connectivity index (χ2v) is 8.34. The van der Waals surface area contributed by atoms with Crippen LogP contribution in [0.3, 0.4) is 0 Å². The fourth-order valence-electron chi connectivity index (χ4n) is 2.69. The van der Waals surface area contributed by atoms with Gasteiger partial charge in [0.1, 0.15) is 17.2 Å². The van der Waals surface area contributed by atoms with Gasteiger partial charge in [-0.2, -0.15) is 5.10 Å². The highest BCUT2D eigenvalue weighted by atomic mass is 79.9. The van der Waals surface area contributed by atoms with Gasteiger partial charge in [-0.25, -0.2) is 10.2 Å². The van der Waals surface area contributed by atoms with Crippen molar-refractivity contribution in [2.75, 3.05) is 13.2 Å². The molecule has 1 N–H and O–H groups in total. The fourth-order valence-corrected chi connectivity index (χ4v) is 3.25. The number of rotatable bonds is 10. The van der Waals surface area contributed by atoms with E-state index in [9.17, 15) is 9.59 Å². The second-order valence-electron chi connectivity index (χ2n) is 6.98. The molecule has 0 saturated heterocycles. The standard InChI is InChI=1S/C25H22BrClN2O5/c1-2-12-32-21-9-6-17(7-10-21)25(31)34-23-11-8-19(26)13-18(23)15-28-29-24(30)16-33-22-5-3-4-20(27)14-22/h3-11,13-15H,2,12,16H2,1H3,(H,29,30)/b28-15+. The molecule has 0 unspecified atom stereocenters. The molecular formula is C25H22BrClN2O5. The van der Waals surface area contributed by atoms with Crippen LogP contribution in [-0.4, -0.2) is 31.3 Å². The van der Waals surface area contributed by atoms with E-state index in [-0.39, 0.29) is 12.4 Å². The summed E-state index contributed by atoms with van der Waals surface area (Å²) in [6, 6.07) is 18.5. The zero-order valence-electron chi connectivity index (χ0n) is 18.3. The molecule has 0 fully saturated rings. The van der Waals surface area contributed by atoms with Crippen LogP contribution in [-0.2, 0) is 4.79 Å². The molecule has 176 valence electrons. The Kier molecular flexibility index (Phi) is 9.49. The first-order valence-electron chi connectivity index (χ1n) is 10.4. The van der Waals surface area contributed by atoms with E-state index in [0.29, 0.717) is 34.3 Å². The van der Waals surface area contributed by atoms with Gasteiger partial charge in [0.2, 0.25) is 0 Å². The van der Waals surface area contributed by atoms with Gasteiger partial charge in [0.05, 0.1) is 18.4 Å². The highest BCUT2D eigenvalue weighted by molar-refractivity contribution is 9.10. The summed E-state index contributed by atoms with van der Waals surface area (Å²) in [5, 5.41) is 4.44. The lowest BCUT2D eigenvalue weighted by Crippen LogP contribution is -2.24. The zero-order valence-corrected chi connectivity index (χ0v) is 20.6. The molecule has 0 aliphatic carbocycles. The first-order valence-corrected chi connectivity index (χ1v) is 11.6. The Morgan fingerprint density at radius 3 is 2.56 bits per heavy atom. The maximum atomic E-state index is 12.6. The predicted octanol–water partition coefficient (Wildman–Crippen LogP) is 5.64. The Balaban J connectivity index is 1.59. The highest BCUT2D eigenvalue weighted by Crippen LogP contribution is 2.23. The van der Waals surface area contributed by atoms with Crippen molar-refractivity contribution < 1.29 is 23.8 Å². The Morgan fingerprint density at radius 2 is 1.82 bits per heavy atom. The maximum absolute atomic E-state index is 12.6.